The summed E-state index contributed by atoms with van der Waals surface area (Å²) in [7, 11) is 0. The van der Waals surface area contributed by atoms with Gasteiger partial charge in [0, 0.05) is 0 Å². The largest absolute Gasteiger partial charge is 0.0613 e. The van der Waals surface area contributed by atoms with Crippen LogP contribution in [0.25, 0.3) is 11.1 Å². The first-order valence-corrected chi connectivity index (χ1v) is 11.4. The summed E-state index contributed by atoms with van der Waals surface area (Å²) >= 11 is 0. The topological polar surface area (TPSA) is 0 Å². The van der Waals surface area contributed by atoms with E-state index in [0.717, 1.165) is 18.8 Å². The normalized spacial score (nSPS) is 15.2. The van der Waals surface area contributed by atoms with E-state index in [1.165, 1.54) is 91.2 Å². The first-order valence-electron chi connectivity index (χ1n) is 11.4. The van der Waals surface area contributed by atoms with Gasteiger partial charge in [-0.05, 0) is 71.9 Å². The Morgan fingerprint density at radius 1 is 0.815 bits per heavy atom. The molecule has 1 fully saturated rings. The van der Waals surface area contributed by atoms with Gasteiger partial charge < -0.3 is 0 Å². The van der Waals surface area contributed by atoms with E-state index >= 15 is 0 Å². The minimum atomic E-state index is 1.03. The fraction of sp³-hybridized carbons (Fsp3) is 0.556. The van der Waals surface area contributed by atoms with Gasteiger partial charge in [-0.15, -0.1) is 0 Å². The highest BCUT2D eigenvalue weighted by atomic mass is 14.2. The maximum absolute atomic E-state index is 2.47. The maximum atomic E-state index is 2.47. The molecule has 2 aromatic rings. The van der Waals surface area contributed by atoms with Crippen LogP contribution in [-0.2, 0) is 19.3 Å². The molecule has 0 spiro atoms. The summed E-state index contributed by atoms with van der Waals surface area (Å²) in [6, 6.07) is 14.2. The molecule has 2 aromatic carbocycles. The zero-order valence-corrected chi connectivity index (χ0v) is 17.8. The Hall–Kier alpha value is -1.56. The molecular formula is C27H38. The third-order valence-corrected chi connectivity index (χ3v) is 6.64. The van der Waals surface area contributed by atoms with Crippen molar-refractivity contribution in [3.63, 3.8) is 0 Å². The van der Waals surface area contributed by atoms with Gasteiger partial charge in [0.25, 0.3) is 0 Å². The van der Waals surface area contributed by atoms with Crippen LogP contribution in [0.4, 0.5) is 0 Å². The van der Waals surface area contributed by atoms with Gasteiger partial charge in [-0.1, -0.05) is 95.2 Å². The number of aryl methyl sites for hydroxylation is 4. The van der Waals surface area contributed by atoms with Gasteiger partial charge in [-0.25, -0.2) is 0 Å². The van der Waals surface area contributed by atoms with Crippen molar-refractivity contribution in [1.29, 1.82) is 0 Å². The fourth-order valence-corrected chi connectivity index (χ4v) is 4.83. The monoisotopic (exact) mass is 362 g/mol. The molecule has 3 rings (SSSR count). The van der Waals surface area contributed by atoms with Crippen LogP contribution in [0.3, 0.4) is 0 Å². The third-order valence-electron chi connectivity index (χ3n) is 6.64. The zero-order chi connectivity index (χ0) is 19.1. The molecular weight excluding hydrogens is 324 g/mol. The Labute approximate surface area is 167 Å². The molecule has 0 saturated heterocycles. The summed E-state index contributed by atoms with van der Waals surface area (Å²) in [5.41, 5.74) is 8.74. The number of benzene rings is 2. The maximum Gasteiger partial charge on any atom is -0.0152 e. The van der Waals surface area contributed by atoms with Crippen LogP contribution in [0.5, 0.6) is 0 Å². The lowest BCUT2D eigenvalue weighted by atomic mass is 9.85. The minimum absolute atomic E-state index is 1.03. The van der Waals surface area contributed by atoms with E-state index in [2.05, 4.69) is 57.2 Å². The quantitative estimate of drug-likeness (QED) is 0.416. The fourth-order valence-electron chi connectivity index (χ4n) is 4.83. The molecule has 0 heterocycles. The molecule has 0 unspecified atom stereocenters. The Morgan fingerprint density at radius 2 is 1.59 bits per heavy atom. The summed E-state index contributed by atoms with van der Waals surface area (Å²) < 4.78 is 0. The summed E-state index contributed by atoms with van der Waals surface area (Å²) in [4.78, 5) is 0. The van der Waals surface area contributed by atoms with Crippen LogP contribution in [0, 0.1) is 12.8 Å². The SMILES string of the molecule is CCc1cc(-c2ccc(CCCCC3CCCCC3)cc2CC)ccc1C. The van der Waals surface area contributed by atoms with Crippen LogP contribution in [0.15, 0.2) is 36.4 Å². The van der Waals surface area contributed by atoms with E-state index in [1.807, 2.05) is 0 Å². The van der Waals surface area contributed by atoms with E-state index in [0.29, 0.717) is 0 Å². The van der Waals surface area contributed by atoms with E-state index in [9.17, 15) is 0 Å². The molecule has 0 amide bonds. The number of hydrogen-bond acceptors (Lipinski definition) is 0. The molecule has 0 aliphatic heterocycles. The van der Waals surface area contributed by atoms with Crippen molar-refractivity contribution in [2.24, 2.45) is 5.92 Å². The van der Waals surface area contributed by atoms with Gasteiger partial charge >= 0.3 is 0 Å². The predicted molar refractivity (Wildman–Crippen MR) is 120 cm³/mol. The first kappa shape index (κ1) is 20.2. The summed E-state index contributed by atoms with van der Waals surface area (Å²) in [6.45, 7) is 6.77. The van der Waals surface area contributed by atoms with Gasteiger partial charge in [-0.3, -0.25) is 0 Å². The van der Waals surface area contributed by atoms with Crippen molar-refractivity contribution in [1.82, 2.24) is 0 Å². The van der Waals surface area contributed by atoms with Crippen LogP contribution < -0.4 is 0 Å². The standard InChI is InChI=1S/C27H38/c1-4-24-20-26(17-15-21(24)3)27-18-16-23(19-25(27)5-2)14-10-9-13-22-11-7-6-8-12-22/h15-20,22H,4-14H2,1-3H3. The lowest BCUT2D eigenvalue weighted by Crippen LogP contribution is -2.06. The molecule has 0 heteroatoms. The molecule has 1 aliphatic rings. The highest BCUT2D eigenvalue weighted by Crippen LogP contribution is 2.30. The molecule has 0 atom stereocenters. The van der Waals surface area contributed by atoms with Crippen molar-refractivity contribution < 1.29 is 0 Å². The molecule has 0 aromatic heterocycles. The molecule has 0 radical (unpaired) electrons. The van der Waals surface area contributed by atoms with Gasteiger partial charge in [0.15, 0.2) is 0 Å². The Kier molecular flexibility index (Phi) is 7.56. The Bertz CT molecular complexity index is 719. The molecule has 1 aliphatic carbocycles. The van der Waals surface area contributed by atoms with E-state index in [1.54, 1.807) is 0 Å². The molecule has 0 bridgehead atoms. The Balaban J connectivity index is 1.62. The van der Waals surface area contributed by atoms with Crippen LogP contribution in [-0.4, -0.2) is 0 Å². The van der Waals surface area contributed by atoms with Crippen molar-refractivity contribution in [3.8, 4) is 11.1 Å². The lowest BCUT2D eigenvalue weighted by molar-refractivity contribution is 0.330. The molecule has 0 N–H and O–H groups in total. The highest BCUT2D eigenvalue weighted by molar-refractivity contribution is 5.69. The summed E-state index contributed by atoms with van der Waals surface area (Å²) in [6.07, 6.45) is 15.1. The van der Waals surface area contributed by atoms with Gasteiger partial charge in [0.05, 0.1) is 0 Å². The Morgan fingerprint density at radius 3 is 2.33 bits per heavy atom. The second-order valence-corrected chi connectivity index (χ2v) is 8.59. The molecule has 27 heavy (non-hydrogen) atoms. The summed E-state index contributed by atoms with van der Waals surface area (Å²) in [5.74, 6) is 1.03. The van der Waals surface area contributed by atoms with Crippen LogP contribution >= 0.6 is 0 Å². The number of hydrogen-bond donors (Lipinski definition) is 0. The smallest absolute Gasteiger partial charge is 0.0152 e. The van der Waals surface area contributed by atoms with E-state index < -0.39 is 0 Å². The average molecular weight is 363 g/mol. The summed E-state index contributed by atoms with van der Waals surface area (Å²) in [5, 5.41) is 0. The van der Waals surface area contributed by atoms with Crippen molar-refractivity contribution in [3.05, 3.63) is 58.7 Å². The second-order valence-electron chi connectivity index (χ2n) is 8.59. The lowest BCUT2D eigenvalue weighted by Gasteiger charge is -2.21. The number of rotatable bonds is 8. The predicted octanol–water partition coefficient (Wildman–Crippen LogP) is 8.08. The average Bonchev–Trinajstić information content (AvgIpc) is 2.72. The molecule has 1 saturated carbocycles. The molecule has 146 valence electrons. The minimum Gasteiger partial charge on any atom is -0.0613 e. The second kappa shape index (κ2) is 10.1. The molecule has 0 nitrogen and oxygen atoms in total. The number of unbranched alkanes of at least 4 members (excludes halogenated alkanes) is 1. The van der Waals surface area contributed by atoms with Crippen molar-refractivity contribution in [2.45, 2.75) is 91.4 Å². The van der Waals surface area contributed by atoms with Crippen molar-refractivity contribution >= 4 is 0 Å². The van der Waals surface area contributed by atoms with E-state index in [-0.39, 0.29) is 0 Å². The zero-order valence-electron chi connectivity index (χ0n) is 17.8. The van der Waals surface area contributed by atoms with Gasteiger partial charge in [0.1, 0.15) is 0 Å². The van der Waals surface area contributed by atoms with Gasteiger partial charge in [-0.2, -0.15) is 0 Å². The van der Waals surface area contributed by atoms with Crippen LogP contribution in [0.1, 0.15) is 87.5 Å². The first-order chi connectivity index (χ1) is 13.2. The van der Waals surface area contributed by atoms with Crippen LogP contribution in [0.2, 0.25) is 0 Å². The highest BCUT2D eigenvalue weighted by Gasteiger charge is 2.13. The third kappa shape index (κ3) is 5.47. The van der Waals surface area contributed by atoms with Gasteiger partial charge in [0.2, 0.25) is 0 Å². The van der Waals surface area contributed by atoms with E-state index in [4.69, 9.17) is 0 Å². The van der Waals surface area contributed by atoms with Crippen molar-refractivity contribution in [2.75, 3.05) is 0 Å².